The molecule has 65 heavy (non-hydrogen) atoms. The van der Waals surface area contributed by atoms with E-state index in [1.165, 1.54) is 283 Å². The number of unbranched alkanes of at least 4 members (excludes halogenated alkanes) is 40. The fourth-order valence-corrected chi connectivity index (χ4v) is 7.68. The minimum absolute atomic E-state index is 0. The van der Waals surface area contributed by atoms with Gasteiger partial charge in [0.15, 0.2) is 0 Å². The van der Waals surface area contributed by atoms with Crippen LogP contribution >= 0.6 is 0 Å². The zero-order valence-corrected chi connectivity index (χ0v) is 44.6. The molecule has 394 valence electrons. The molecule has 0 saturated carbocycles. The van der Waals surface area contributed by atoms with Gasteiger partial charge in [0, 0.05) is 26.4 Å². The van der Waals surface area contributed by atoms with Crippen LogP contribution in [0.1, 0.15) is 310 Å². The Balaban J connectivity index is -0.000000302. The van der Waals surface area contributed by atoms with Gasteiger partial charge in [-0.25, -0.2) is 0 Å². The topological polar surface area (TPSA) is 168 Å². The molecule has 0 unspecified atom stereocenters. The van der Waals surface area contributed by atoms with Gasteiger partial charge in [0.1, 0.15) is 0 Å². The molecule has 0 aromatic carbocycles. The first-order chi connectivity index (χ1) is 30.8. The molecule has 0 saturated heterocycles. The Labute approximate surface area is 428 Å². The van der Waals surface area contributed by atoms with E-state index in [0.717, 1.165) is 26.4 Å². The van der Waals surface area contributed by atoms with E-state index in [0.29, 0.717) is 0 Å². The summed E-state index contributed by atoms with van der Waals surface area (Å²) in [5.74, 6) is 0. The van der Waals surface area contributed by atoms with E-state index < -0.39 is 20.8 Å². The second-order valence-electron chi connectivity index (χ2n) is 18.3. The van der Waals surface area contributed by atoms with Crippen molar-refractivity contribution in [3.63, 3.8) is 0 Å². The fraction of sp³-hybridized carbons (Fsp3) is 1.00. The van der Waals surface area contributed by atoms with Crippen LogP contribution in [0.25, 0.3) is 0 Å². The van der Waals surface area contributed by atoms with Crippen LogP contribution in [0.3, 0.4) is 0 Å². The summed E-state index contributed by atoms with van der Waals surface area (Å²) in [7, 11) is -9.33. The molecule has 0 aliphatic heterocycles. The van der Waals surface area contributed by atoms with Gasteiger partial charge in [0.05, 0.1) is 0 Å². The van der Waals surface area contributed by atoms with Gasteiger partial charge in [-0.1, -0.05) is 285 Å². The fourth-order valence-electron chi connectivity index (χ4n) is 7.68. The van der Waals surface area contributed by atoms with Crippen LogP contribution in [0.4, 0.5) is 0 Å². The van der Waals surface area contributed by atoms with Gasteiger partial charge in [-0.2, -0.15) is 16.8 Å². The summed E-state index contributed by atoms with van der Waals surface area (Å²) in [5.41, 5.74) is 0. The maximum atomic E-state index is 8.74. The van der Waals surface area contributed by atoms with E-state index in [4.69, 9.17) is 44.5 Å². The molecule has 0 heterocycles. The first-order valence-corrected chi connectivity index (χ1v) is 30.2. The number of hydrogen-bond acceptors (Lipinski definition) is 6. The van der Waals surface area contributed by atoms with Crippen LogP contribution in [0, 0.1) is 0 Å². The molecule has 0 aliphatic carbocycles. The van der Waals surface area contributed by atoms with Crippen molar-refractivity contribution < 1.29 is 44.5 Å². The number of rotatable bonds is 48. The molecule has 10 nitrogen and oxygen atoms in total. The Hall–Kier alpha value is 0.660. The molecular formula is C52H113NaO10S2. The van der Waals surface area contributed by atoms with Gasteiger partial charge in [0.25, 0.3) is 0 Å². The van der Waals surface area contributed by atoms with Crippen LogP contribution in [-0.4, -0.2) is 91.0 Å². The summed E-state index contributed by atoms with van der Waals surface area (Å²) in [6, 6.07) is 0. The zero-order valence-electron chi connectivity index (χ0n) is 43.0. The monoisotopic (exact) mass is 985 g/mol. The molecule has 0 aliphatic rings. The Morgan fingerprint density at radius 2 is 0.323 bits per heavy atom. The predicted molar refractivity (Wildman–Crippen MR) is 283 cm³/mol. The van der Waals surface area contributed by atoms with Crippen molar-refractivity contribution in [1.29, 1.82) is 0 Å². The standard InChI is InChI=1S/C28H58O.C24H50O.Na.2H2O4S.H/c1-3-5-7-9-11-13-15-17-19-21-23-25-27-29-28-26-24-22-20-18-16-14-12-10-8-6-4-2;1-3-5-7-9-11-13-15-17-19-21-23-25-24-22-20-18-16-14-12-10-8-6-4-2;;2*1-5(2,3)4;/h3-28H2,1-2H3;3-24H2,1-2H3;;2*(H2,1,2,3,4);. The van der Waals surface area contributed by atoms with Gasteiger partial charge < -0.3 is 9.47 Å². The van der Waals surface area contributed by atoms with Crippen LogP contribution in [-0.2, 0) is 30.3 Å². The summed E-state index contributed by atoms with van der Waals surface area (Å²) >= 11 is 0. The maximum absolute atomic E-state index is 8.74. The molecule has 0 aromatic rings. The average Bonchev–Trinajstić information content (AvgIpc) is 3.23. The van der Waals surface area contributed by atoms with E-state index in [9.17, 15) is 0 Å². The first-order valence-electron chi connectivity index (χ1n) is 27.4. The van der Waals surface area contributed by atoms with E-state index in [2.05, 4.69) is 27.7 Å². The van der Waals surface area contributed by atoms with Gasteiger partial charge in [-0.05, 0) is 25.7 Å². The second kappa shape index (κ2) is 66.7. The molecular weight excluding hydrogens is 872 g/mol. The summed E-state index contributed by atoms with van der Waals surface area (Å²) in [6.45, 7) is 13.2. The SMILES string of the molecule is CCCCCCCCCCCCCCOCCCCCCCCCCCCCC.CCCCCCCCCCCCOCCCCCCCCCCCC.O=S(=O)(O)O.O=S(=O)(O)O.[NaH]. The van der Waals surface area contributed by atoms with E-state index in [-0.39, 0.29) is 29.6 Å². The Morgan fingerprint density at radius 1 is 0.231 bits per heavy atom. The van der Waals surface area contributed by atoms with E-state index in [1.54, 1.807) is 0 Å². The normalized spacial score (nSPS) is 11.2. The molecule has 4 N–H and O–H groups in total. The van der Waals surface area contributed by atoms with Crippen molar-refractivity contribution in [2.75, 3.05) is 26.4 Å². The third kappa shape index (κ3) is 107. The van der Waals surface area contributed by atoms with Gasteiger partial charge in [-0.15, -0.1) is 0 Å². The molecule has 0 rings (SSSR count). The minimum atomic E-state index is -4.67. The van der Waals surface area contributed by atoms with Crippen LogP contribution in [0.5, 0.6) is 0 Å². The van der Waals surface area contributed by atoms with Crippen LogP contribution < -0.4 is 0 Å². The van der Waals surface area contributed by atoms with Crippen molar-refractivity contribution >= 4 is 50.4 Å². The Bertz CT molecular complexity index is 925. The summed E-state index contributed by atoms with van der Waals surface area (Å²) in [5, 5.41) is 0. The van der Waals surface area contributed by atoms with Crippen molar-refractivity contribution in [2.45, 2.75) is 310 Å². The third-order valence-corrected chi connectivity index (χ3v) is 11.6. The average molecular weight is 986 g/mol. The van der Waals surface area contributed by atoms with Gasteiger partial charge >= 0.3 is 50.4 Å². The summed E-state index contributed by atoms with van der Waals surface area (Å²) < 4.78 is 74.8. The Morgan fingerprint density at radius 3 is 0.431 bits per heavy atom. The second-order valence-corrected chi connectivity index (χ2v) is 20.1. The van der Waals surface area contributed by atoms with Gasteiger partial charge in [-0.3, -0.25) is 18.2 Å². The number of hydrogen-bond donors (Lipinski definition) is 4. The van der Waals surface area contributed by atoms with Crippen molar-refractivity contribution in [2.24, 2.45) is 0 Å². The molecule has 0 bridgehead atoms. The summed E-state index contributed by atoms with van der Waals surface area (Å²) in [4.78, 5) is 0. The molecule has 0 aromatic heterocycles. The molecule has 0 amide bonds. The quantitative estimate of drug-likeness (QED) is 0.0262. The Kier molecular flexibility index (Phi) is 76.6. The van der Waals surface area contributed by atoms with Crippen molar-refractivity contribution in [3.05, 3.63) is 0 Å². The molecule has 0 fully saturated rings. The van der Waals surface area contributed by atoms with Gasteiger partial charge in [0.2, 0.25) is 0 Å². The first kappa shape index (κ1) is 74.6. The molecule has 0 radical (unpaired) electrons. The summed E-state index contributed by atoms with van der Waals surface area (Å²) in [6.07, 6.45) is 62.3. The molecule has 0 atom stereocenters. The predicted octanol–water partition coefficient (Wildman–Crippen LogP) is 17.3. The van der Waals surface area contributed by atoms with E-state index in [1.807, 2.05) is 0 Å². The zero-order chi connectivity index (χ0) is 48.4. The third-order valence-electron chi connectivity index (χ3n) is 11.6. The molecule has 13 heteroatoms. The van der Waals surface area contributed by atoms with Crippen LogP contribution in [0.2, 0.25) is 0 Å². The number of ether oxygens (including phenoxy) is 2. The van der Waals surface area contributed by atoms with Crippen molar-refractivity contribution in [1.82, 2.24) is 0 Å². The van der Waals surface area contributed by atoms with Crippen LogP contribution in [0.15, 0.2) is 0 Å². The van der Waals surface area contributed by atoms with E-state index >= 15 is 0 Å². The van der Waals surface area contributed by atoms with Crippen molar-refractivity contribution in [3.8, 4) is 0 Å². The molecule has 0 spiro atoms.